The highest BCUT2D eigenvalue weighted by Crippen LogP contribution is 2.26. The van der Waals surface area contributed by atoms with Crippen molar-refractivity contribution in [2.24, 2.45) is 5.73 Å². The van der Waals surface area contributed by atoms with Gasteiger partial charge in [0.15, 0.2) is 0 Å². The Balaban J connectivity index is 2.10. The van der Waals surface area contributed by atoms with Gasteiger partial charge in [0.25, 0.3) is 0 Å². The molecule has 82 valence electrons. The minimum atomic E-state index is 0.193. The minimum Gasteiger partial charge on any atom is -0.365 e. The Morgan fingerprint density at radius 1 is 1.40 bits per heavy atom. The Morgan fingerprint density at radius 2 is 2.20 bits per heavy atom. The lowest BCUT2D eigenvalue weighted by Gasteiger charge is -2.18. The molecule has 1 heterocycles. The van der Waals surface area contributed by atoms with Gasteiger partial charge in [-0.1, -0.05) is 23.2 Å². The first kappa shape index (κ1) is 11.0. The number of nitrogens with zero attached hydrogens (tertiary/aromatic N) is 1. The standard InChI is InChI=1S/C10H13Cl2N3/c11-6-4-7(12)10(14-5-6)15-9-3-1-2-8(9)13/h4-5,8-9H,1-3,13H2,(H,14,15). The van der Waals surface area contributed by atoms with Crippen LogP contribution in [0.1, 0.15) is 19.3 Å². The molecule has 1 aromatic rings. The van der Waals surface area contributed by atoms with Gasteiger partial charge in [-0.15, -0.1) is 0 Å². The van der Waals surface area contributed by atoms with E-state index in [0.717, 1.165) is 19.3 Å². The fourth-order valence-corrected chi connectivity index (χ4v) is 2.30. The smallest absolute Gasteiger partial charge is 0.145 e. The Hall–Kier alpha value is -0.510. The molecular weight excluding hydrogens is 233 g/mol. The molecule has 2 rings (SSSR count). The van der Waals surface area contributed by atoms with E-state index < -0.39 is 0 Å². The predicted molar refractivity (Wildman–Crippen MR) is 63.5 cm³/mol. The van der Waals surface area contributed by atoms with Gasteiger partial charge in [-0.3, -0.25) is 0 Å². The second kappa shape index (κ2) is 4.56. The fourth-order valence-electron chi connectivity index (χ4n) is 1.86. The van der Waals surface area contributed by atoms with Crippen molar-refractivity contribution in [2.75, 3.05) is 5.32 Å². The van der Waals surface area contributed by atoms with Crippen LogP contribution in [0.25, 0.3) is 0 Å². The maximum atomic E-state index is 6.01. The summed E-state index contributed by atoms with van der Waals surface area (Å²) in [6.07, 6.45) is 4.87. The second-order valence-electron chi connectivity index (χ2n) is 3.83. The Bertz CT molecular complexity index is 357. The Morgan fingerprint density at radius 3 is 2.80 bits per heavy atom. The number of hydrogen-bond donors (Lipinski definition) is 2. The summed E-state index contributed by atoms with van der Waals surface area (Å²) in [6, 6.07) is 2.15. The van der Waals surface area contributed by atoms with Crippen LogP contribution in [0.4, 0.5) is 5.82 Å². The van der Waals surface area contributed by atoms with E-state index in [1.807, 2.05) is 0 Å². The first-order chi connectivity index (χ1) is 7.16. The van der Waals surface area contributed by atoms with Gasteiger partial charge in [0, 0.05) is 18.3 Å². The third-order valence-electron chi connectivity index (χ3n) is 2.70. The van der Waals surface area contributed by atoms with E-state index in [-0.39, 0.29) is 12.1 Å². The first-order valence-electron chi connectivity index (χ1n) is 5.00. The molecule has 0 spiro atoms. The lowest BCUT2D eigenvalue weighted by molar-refractivity contribution is 0.636. The van der Waals surface area contributed by atoms with Crippen LogP contribution in [0.15, 0.2) is 12.3 Å². The zero-order valence-electron chi connectivity index (χ0n) is 8.21. The maximum Gasteiger partial charge on any atom is 0.145 e. The average Bonchev–Trinajstić information content (AvgIpc) is 2.57. The summed E-state index contributed by atoms with van der Waals surface area (Å²) in [5.74, 6) is 0.670. The summed E-state index contributed by atoms with van der Waals surface area (Å²) < 4.78 is 0. The number of rotatable bonds is 2. The third-order valence-corrected chi connectivity index (χ3v) is 3.19. The highest BCUT2D eigenvalue weighted by molar-refractivity contribution is 6.35. The van der Waals surface area contributed by atoms with Gasteiger partial charge < -0.3 is 11.1 Å². The quantitative estimate of drug-likeness (QED) is 0.843. The molecule has 1 aliphatic carbocycles. The minimum absolute atomic E-state index is 0.193. The van der Waals surface area contributed by atoms with Gasteiger partial charge >= 0.3 is 0 Å². The van der Waals surface area contributed by atoms with E-state index in [9.17, 15) is 0 Å². The summed E-state index contributed by atoms with van der Waals surface area (Å²) in [5, 5.41) is 4.35. The summed E-state index contributed by atoms with van der Waals surface area (Å²) in [4.78, 5) is 4.15. The van der Waals surface area contributed by atoms with Crippen molar-refractivity contribution in [1.82, 2.24) is 4.98 Å². The number of hydrogen-bond acceptors (Lipinski definition) is 3. The molecular formula is C10H13Cl2N3. The summed E-state index contributed by atoms with van der Waals surface area (Å²) >= 11 is 11.8. The molecule has 1 aliphatic rings. The van der Waals surface area contributed by atoms with Gasteiger partial charge in [-0.05, 0) is 25.3 Å². The molecule has 3 nitrogen and oxygen atoms in total. The molecule has 0 aliphatic heterocycles. The van der Waals surface area contributed by atoms with Crippen molar-refractivity contribution in [3.63, 3.8) is 0 Å². The number of nitrogens with one attached hydrogen (secondary N) is 1. The van der Waals surface area contributed by atoms with E-state index in [1.165, 1.54) is 0 Å². The van der Waals surface area contributed by atoms with Crippen LogP contribution >= 0.6 is 23.2 Å². The normalized spacial score (nSPS) is 25.5. The third kappa shape index (κ3) is 2.54. The number of halogens is 2. The van der Waals surface area contributed by atoms with Crippen molar-refractivity contribution in [3.8, 4) is 0 Å². The van der Waals surface area contributed by atoms with Crippen molar-refractivity contribution < 1.29 is 0 Å². The fraction of sp³-hybridized carbons (Fsp3) is 0.500. The largest absolute Gasteiger partial charge is 0.365 e. The van der Waals surface area contributed by atoms with Gasteiger partial charge in [-0.2, -0.15) is 0 Å². The maximum absolute atomic E-state index is 6.01. The van der Waals surface area contributed by atoms with Gasteiger partial charge in [0.2, 0.25) is 0 Å². The number of nitrogens with two attached hydrogens (primary N) is 1. The summed E-state index contributed by atoms with van der Waals surface area (Å²) in [6.45, 7) is 0. The van der Waals surface area contributed by atoms with Crippen LogP contribution in [0.3, 0.4) is 0 Å². The van der Waals surface area contributed by atoms with Gasteiger partial charge in [0.1, 0.15) is 5.82 Å². The molecule has 1 aromatic heterocycles. The molecule has 2 atom stereocenters. The molecule has 2 unspecified atom stereocenters. The lowest BCUT2D eigenvalue weighted by atomic mass is 10.2. The highest BCUT2D eigenvalue weighted by atomic mass is 35.5. The van der Waals surface area contributed by atoms with Gasteiger partial charge in [-0.25, -0.2) is 4.98 Å². The van der Waals surface area contributed by atoms with Crippen molar-refractivity contribution in [1.29, 1.82) is 0 Å². The number of anilines is 1. The molecule has 1 fully saturated rings. The van der Waals surface area contributed by atoms with E-state index >= 15 is 0 Å². The molecule has 0 saturated heterocycles. The highest BCUT2D eigenvalue weighted by Gasteiger charge is 2.24. The van der Waals surface area contributed by atoms with Gasteiger partial charge in [0.05, 0.1) is 10.0 Å². The molecule has 15 heavy (non-hydrogen) atoms. The van der Waals surface area contributed by atoms with Crippen LogP contribution in [0, 0.1) is 0 Å². The van der Waals surface area contributed by atoms with E-state index in [0.29, 0.717) is 15.9 Å². The number of pyridine rings is 1. The topological polar surface area (TPSA) is 50.9 Å². The lowest BCUT2D eigenvalue weighted by Crippen LogP contribution is -2.35. The molecule has 0 aromatic carbocycles. The van der Waals surface area contributed by atoms with E-state index in [1.54, 1.807) is 12.3 Å². The molecule has 1 saturated carbocycles. The Labute approximate surface area is 99.0 Å². The van der Waals surface area contributed by atoms with Crippen LogP contribution in [-0.2, 0) is 0 Å². The predicted octanol–water partition coefficient (Wildman–Crippen LogP) is 2.68. The van der Waals surface area contributed by atoms with Crippen LogP contribution in [0.5, 0.6) is 0 Å². The Kier molecular flexibility index (Phi) is 3.34. The first-order valence-corrected chi connectivity index (χ1v) is 5.75. The monoisotopic (exact) mass is 245 g/mol. The molecule has 0 bridgehead atoms. The summed E-state index contributed by atoms with van der Waals surface area (Å²) in [7, 11) is 0. The molecule has 0 radical (unpaired) electrons. The number of aromatic nitrogens is 1. The van der Waals surface area contributed by atoms with Crippen molar-refractivity contribution in [3.05, 3.63) is 22.3 Å². The van der Waals surface area contributed by atoms with Crippen molar-refractivity contribution in [2.45, 2.75) is 31.3 Å². The molecule has 0 amide bonds. The van der Waals surface area contributed by atoms with E-state index in [2.05, 4.69) is 10.3 Å². The molecule has 3 N–H and O–H groups in total. The van der Waals surface area contributed by atoms with Crippen LogP contribution < -0.4 is 11.1 Å². The SMILES string of the molecule is NC1CCCC1Nc1ncc(Cl)cc1Cl. The molecule has 5 heteroatoms. The van der Waals surface area contributed by atoms with Crippen LogP contribution in [0.2, 0.25) is 10.0 Å². The second-order valence-corrected chi connectivity index (χ2v) is 4.67. The zero-order valence-corrected chi connectivity index (χ0v) is 9.72. The average molecular weight is 246 g/mol. The summed E-state index contributed by atoms with van der Waals surface area (Å²) in [5.41, 5.74) is 5.95. The zero-order chi connectivity index (χ0) is 10.8. The van der Waals surface area contributed by atoms with Crippen molar-refractivity contribution >= 4 is 29.0 Å². The van der Waals surface area contributed by atoms with E-state index in [4.69, 9.17) is 28.9 Å². The van der Waals surface area contributed by atoms with Crippen LogP contribution in [-0.4, -0.2) is 17.1 Å².